The average molecular weight is 365 g/mol. The van der Waals surface area contributed by atoms with Gasteiger partial charge >= 0.3 is 6.09 Å². The van der Waals surface area contributed by atoms with Crippen LogP contribution in [0.3, 0.4) is 0 Å². The standard InChI is InChI=1S/C23H27NO3/c1-16-7-6-12-23(26,13-16)15-24-22(25)27-14-21-19-10-4-2-8-17(19)18-9-3-5-11-20(18)21/h2-5,8-11,16,21,26H,6-7,12-15H2,1H3,(H,24,25). The normalized spacial score (nSPS) is 24.1. The number of benzene rings is 2. The molecule has 0 spiro atoms. The van der Waals surface area contributed by atoms with Gasteiger partial charge in [-0.15, -0.1) is 0 Å². The van der Waals surface area contributed by atoms with Crippen molar-refractivity contribution in [1.29, 1.82) is 0 Å². The predicted molar refractivity (Wildman–Crippen MR) is 106 cm³/mol. The van der Waals surface area contributed by atoms with Gasteiger partial charge in [-0.2, -0.15) is 0 Å². The smallest absolute Gasteiger partial charge is 0.407 e. The summed E-state index contributed by atoms with van der Waals surface area (Å²) in [4.78, 5) is 12.2. The third kappa shape index (κ3) is 3.72. The minimum atomic E-state index is -0.802. The summed E-state index contributed by atoms with van der Waals surface area (Å²) < 4.78 is 5.54. The highest BCUT2D eigenvalue weighted by atomic mass is 16.5. The molecule has 1 saturated carbocycles. The second-order valence-corrected chi connectivity index (χ2v) is 8.10. The Morgan fingerprint density at radius 3 is 2.41 bits per heavy atom. The predicted octanol–water partition coefficient (Wildman–Crippen LogP) is 4.47. The summed E-state index contributed by atoms with van der Waals surface area (Å²) in [6.07, 6.45) is 3.16. The molecule has 4 rings (SSSR count). The van der Waals surface area contributed by atoms with Crippen LogP contribution in [0, 0.1) is 5.92 Å². The fourth-order valence-corrected chi connectivity index (χ4v) is 4.68. The number of alkyl carbamates (subject to hydrolysis) is 1. The molecular formula is C23H27NO3. The van der Waals surface area contributed by atoms with Gasteiger partial charge in [-0.1, -0.05) is 68.3 Å². The van der Waals surface area contributed by atoms with Crippen molar-refractivity contribution in [2.24, 2.45) is 5.92 Å². The molecule has 0 radical (unpaired) electrons. The molecule has 0 saturated heterocycles. The number of carbonyl (C=O) groups excluding carboxylic acids is 1. The monoisotopic (exact) mass is 365 g/mol. The third-order valence-electron chi connectivity index (χ3n) is 5.97. The molecule has 2 unspecified atom stereocenters. The molecule has 0 heterocycles. The van der Waals surface area contributed by atoms with Crippen molar-refractivity contribution in [3.05, 3.63) is 59.7 Å². The van der Waals surface area contributed by atoms with Gasteiger partial charge in [0.05, 0.1) is 5.60 Å². The van der Waals surface area contributed by atoms with Crippen LogP contribution in [-0.4, -0.2) is 30.0 Å². The molecule has 2 N–H and O–H groups in total. The first-order valence-electron chi connectivity index (χ1n) is 9.87. The van der Waals surface area contributed by atoms with Crippen molar-refractivity contribution in [2.75, 3.05) is 13.2 Å². The number of aliphatic hydroxyl groups is 1. The summed E-state index contributed by atoms with van der Waals surface area (Å²) in [6.45, 7) is 2.71. The molecular weight excluding hydrogens is 338 g/mol. The fraction of sp³-hybridized carbons (Fsp3) is 0.435. The Morgan fingerprint density at radius 1 is 1.15 bits per heavy atom. The third-order valence-corrected chi connectivity index (χ3v) is 5.97. The van der Waals surface area contributed by atoms with Gasteiger partial charge in [-0.05, 0) is 41.0 Å². The Balaban J connectivity index is 1.38. The van der Waals surface area contributed by atoms with Gasteiger partial charge in [0.25, 0.3) is 0 Å². The molecule has 0 bridgehead atoms. The summed E-state index contributed by atoms with van der Waals surface area (Å²) in [7, 11) is 0. The molecule has 27 heavy (non-hydrogen) atoms. The van der Waals surface area contributed by atoms with Crippen LogP contribution in [0.1, 0.15) is 49.7 Å². The van der Waals surface area contributed by atoms with Crippen LogP contribution < -0.4 is 5.32 Å². The van der Waals surface area contributed by atoms with Crippen molar-refractivity contribution >= 4 is 6.09 Å². The fourth-order valence-electron chi connectivity index (χ4n) is 4.68. The SMILES string of the molecule is CC1CCCC(O)(CNC(=O)OCC2c3ccccc3-c3ccccc32)C1. The Labute approximate surface area is 160 Å². The van der Waals surface area contributed by atoms with E-state index in [-0.39, 0.29) is 12.5 Å². The van der Waals surface area contributed by atoms with Crippen LogP contribution in [0.5, 0.6) is 0 Å². The van der Waals surface area contributed by atoms with Crippen LogP contribution in [0.25, 0.3) is 11.1 Å². The van der Waals surface area contributed by atoms with Crippen LogP contribution in [0.15, 0.2) is 48.5 Å². The highest BCUT2D eigenvalue weighted by molar-refractivity contribution is 5.79. The molecule has 1 fully saturated rings. The van der Waals surface area contributed by atoms with Gasteiger partial charge in [0.1, 0.15) is 6.61 Å². The average Bonchev–Trinajstić information content (AvgIpc) is 2.99. The first-order valence-corrected chi connectivity index (χ1v) is 9.87. The zero-order chi connectivity index (χ0) is 18.9. The van der Waals surface area contributed by atoms with Crippen LogP contribution in [0.2, 0.25) is 0 Å². The Morgan fingerprint density at radius 2 is 1.78 bits per heavy atom. The Bertz CT molecular complexity index is 788. The molecule has 142 valence electrons. The highest BCUT2D eigenvalue weighted by Gasteiger charge is 2.33. The maximum atomic E-state index is 12.2. The van der Waals surface area contributed by atoms with Crippen LogP contribution in [0.4, 0.5) is 4.79 Å². The number of nitrogens with one attached hydrogen (secondary N) is 1. The minimum absolute atomic E-state index is 0.0564. The summed E-state index contributed by atoms with van der Waals surface area (Å²) in [5.74, 6) is 0.550. The molecule has 0 aromatic heterocycles. The van der Waals surface area contributed by atoms with E-state index >= 15 is 0 Å². The van der Waals surface area contributed by atoms with Gasteiger partial charge < -0.3 is 15.2 Å². The van der Waals surface area contributed by atoms with E-state index in [0.29, 0.717) is 12.5 Å². The maximum absolute atomic E-state index is 12.2. The number of hydrogen-bond donors (Lipinski definition) is 2. The largest absolute Gasteiger partial charge is 0.449 e. The number of fused-ring (bicyclic) bond motifs is 3. The second-order valence-electron chi connectivity index (χ2n) is 8.10. The van der Waals surface area contributed by atoms with Crippen molar-refractivity contribution in [3.63, 3.8) is 0 Å². The topological polar surface area (TPSA) is 58.6 Å². The summed E-state index contributed by atoms with van der Waals surface area (Å²) in [5.41, 5.74) is 4.03. The number of hydrogen-bond acceptors (Lipinski definition) is 3. The Hall–Kier alpha value is -2.33. The zero-order valence-corrected chi connectivity index (χ0v) is 15.8. The van der Waals surface area contributed by atoms with Crippen molar-refractivity contribution in [3.8, 4) is 11.1 Å². The summed E-state index contributed by atoms with van der Waals surface area (Å²) >= 11 is 0. The molecule has 2 atom stereocenters. The lowest BCUT2D eigenvalue weighted by atomic mass is 9.79. The van der Waals surface area contributed by atoms with Crippen LogP contribution >= 0.6 is 0 Å². The minimum Gasteiger partial charge on any atom is -0.449 e. The van der Waals surface area contributed by atoms with E-state index in [0.717, 1.165) is 25.7 Å². The quantitative estimate of drug-likeness (QED) is 0.841. The number of ether oxygens (including phenoxy) is 1. The maximum Gasteiger partial charge on any atom is 0.407 e. The highest BCUT2D eigenvalue weighted by Crippen LogP contribution is 2.44. The van der Waals surface area contributed by atoms with E-state index in [1.165, 1.54) is 22.3 Å². The Kier molecular flexibility index (Phi) is 4.92. The van der Waals surface area contributed by atoms with E-state index in [4.69, 9.17) is 4.74 Å². The molecule has 0 aliphatic heterocycles. The molecule has 4 nitrogen and oxygen atoms in total. The summed E-state index contributed by atoms with van der Waals surface area (Å²) in [5, 5.41) is 13.4. The second kappa shape index (κ2) is 7.35. The number of rotatable bonds is 4. The molecule has 2 aromatic carbocycles. The lowest BCUT2D eigenvalue weighted by Gasteiger charge is -2.35. The van der Waals surface area contributed by atoms with Gasteiger partial charge in [-0.3, -0.25) is 0 Å². The van der Waals surface area contributed by atoms with Crippen molar-refractivity contribution < 1.29 is 14.6 Å². The van der Waals surface area contributed by atoms with Gasteiger partial charge in [0.15, 0.2) is 0 Å². The number of carbonyl (C=O) groups is 1. The van der Waals surface area contributed by atoms with Gasteiger partial charge in [-0.25, -0.2) is 4.79 Å². The molecule has 2 aliphatic rings. The molecule has 4 heteroatoms. The molecule has 1 amide bonds. The first-order chi connectivity index (χ1) is 13.1. The van der Waals surface area contributed by atoms with Crippen molar-refractivity contribution in [1.82, 2.24) is 5.32 Å². The lowest BCUT2D eigenvalue weighted by molar-refractivity contribution is -0.0118. The van der Waals surface area contributed by atoms with E-state index in [1.807, 2.05) is 24.3 Å². The first kappa shape index (κ1) is 18.1. The van der Waals surface area contributed by atoms with E-state index in [2.05, 4.69) is 36.5 Å². The van der Waals surface area contributed by atoms with E-state index in [1.54, 1.807) is 0 Å². The molecule has 2 aliphatic carbocycles. The van der Waals surface area contributed by atoms with E-state index < -0.39 is 11.7 Å². The molecule has 2 aromatic rings. The van der Waals surface area contributed by atoms with Crippen LogP contribution in [-0.2, 0) is 4.74 Å². The zero-order valence-electron chi connectivity index (χ0n) is 15.8. The van der Waals surface area contributed by atoms with Crippen molar-refractivity contribution in [2.45, 2.75) is 44.1 Å². The summed E-state index contributed by atoms with van der Waals surface area (Å²) in [6, 6.07) is 16.6. The van der Waals surface area contributed by atoms with Gasteiger partial charge in [0.2, 0.25) is 0 Å². The number of amides is 1. The lowest BCUT2D eigenvalue weighted by Crippen LogP contribution is -2.46. The van der Waals surface area contributed by atoms with E-state index in [9.17, 15) is 9.90 Å². The van der Waals surface area contributed by atoms with Gasteiger partial charge in [0, 0.05) is 12.5 Å².